The van der Waals surface area contributed by atoms with Gasteiger partial charge < -0.3 is 15.7 Å². The number of anilines is 3. The molecule has 1 aromatic carbocycles. The molecule has 26 heavy (non-hydrogen) atoms. The van der Waals surface area contributed by atoms with Crippen molar-refractivity contribution in [3.63, 3.8) is 0 Å². The van der Waals surface area contributed by atoms with E-state index in [4.69, 9.17) is 5.11 Å². The van der Waals surface area contributed by atoms with E-state index < -0.39 is 5.97 Å². The van der Waals surface area contributed by atoms with Gasteiger partial charge in [-0.25, -0.2) is 9.37 Å². The van der Waals surface area contributed by atoms with E-state index in [1.54, 1.807) is 43.5 Å². The van der Waals surface area contributed by atoms with Crippen molar-refractivity contribution in [2.75, 3.05) is 17.2 Å². The van der Waals surface area contributed by atoms with Gasteiger partial charge in [0, 0.05) is 23.5 Å². The van der Waals surface area contributed by atoms with Gasteiger partial charge in [-0.1, -0.05) is 12.1 Å². The number of aromatic nitrogens is 3. The van der Waals surface area contributed by atoms with Gasteiger partial charge in [0.25, 0.3) is 0 Å². The maximum absolute atomic E-state index is 13.8. The van der Waals surface area contributed by atoms with Crippen LogP contribution in [0.3, 0.4) is 0 Å². The SMILES string of the molecule is Cc1c(F)cccc1Nc1cc(-c2ccccn2)nc(NCC(=O)O)n1. The first-order valence-electron chi connectivity index (χ1n) is 7.81. The predicted molar refractivity (Wildman–Crippen MR) is 95.8 cm³/mol. The number of carboxylic acid groups (broad SMARTS) is 1. The number of halogens is 1. The summed E-state index contributed by atoms with van der Waals surface area (Å²) in [5, 5.41) is 14.5. The Bertz CT molecular complexity index is 934. The molecule has 2 aromatic heterocycles. The highest BCUT2D eigenvalue weighted by atomic mass is 19.1. The Labute approximate surface area is 149 Å². The molecule has 3 rings (SSSR count). The van der Waals surface area contributed by atoms with E-state index in [1.165, 1.54) is 6.07 Å². The van der Waals surface area contributed by atoms with Crippen molar-refractivity contribution in [1.29, 1.82) is 0 Å². The smallest absolute Gasteiger partial charge is 0.322 e. The van der Waals surface area contributed by atoms with E-state index in [-0.39, 0.29) is 18.3 Å². The molecule has 3 aromatic rings. The van der Waals surface area contributed by atoms with Crippen molar-refractivity contribution in [2.24, 2.45) is 0 Å². The highest BCUT2D eigenvalue weighted by Crippen LogP contribution is 2.25. The van der Waals surface area contributed by atoms with Gasteiger partial charge in [0.1, 0.15) is 18.2 Å². The second kappa shape index (κ2) is 7.56. The number of carbonyl (C=O) groups is 1. The standard InChI is InChI=1S/C18H16FN5O2/c1-11-12(19)5-4-7-13(11)22-16-9-15(14-6-2-3-8-20-14)23-18(24-16)21-10-17(25)26/h2-9H,10H2,1H3,(H,25,26)(H2,21,22,23,24). The van der Waals surface area contributed by atoms with Gasteiger partial charge in [0.15, 0.2) is 0 Å². The fraction of sp³-hybridized carbons (Fsp3) is 0.111. The second-order valence-electron chi connectivity index (χ2n) is 5.46. The van der Waals surface area contributed by atoms with Crippen LogP contribution in [0.25, 0.3) is 11.4 Å². The average molecular weight is 353 g/mol. The van der Waals surface area contributed by atoms with Gasteiger partial charge in [0.2, 0.25) is 5.95 Å². The molecule has 0 bridgehead atoms. The number of pyridine rings is 1. The van der Waals surface area contributed by atoms with Crippen LogP contribution in [0.4, 0.5) is 21.8 Å². The topological polar surface area (TPSA) is 100 Å². The van der Waals surface area contributed by atoms with Gasteiger partial charge in [-0.15, -0.1) is 0 Å². The highest BCUT2D eigenvalue weighted by Gasteiger charge is 2.11. The minimum atomic E-state index is -1.03. The molecule has 7 nitrogen and oxygen atoms in total. The fourth-order valence-corrected chi connectivity index (χ4v) is 2.27. The van der Waals surface area contributed by atoms with Crippen molar-refractivity contribution in [3.05, 3.63) is 60.0 Å². The molecule has 0 spiro atoms. The Morgan fingerprint density at radius 2 is 2.00 bits per heavy atom. The minimum Gasteiger partial charge on any atom is -0.480 e. The number of rotatable bonds is 6. The van der Waals surface area contributed by atoms with Crippen molar-refractivity contribution < 1.29 is 14.3 Å². The molecule has 0 saturated heterocycles. The van der Waals surface area contributed by atoms with Crippen molar-refractivity contribution in [3.8, 4) is 11.4 Å². The second-order valence-corrected chi connectivity index (χ2v) is 5.46. The number of aliphatic carboxylic acids is 1. The van der Waals surface area contributed by atoms with Crippen molar-refractivity contribution in [1.82, 2.24) is 15.0 Å². The summed E-state index contributed by atoms with van der Waals surface area (Å²) in [5.74, 6) is -0.847. The zero-order valence-electron chi connectivity index (χ0n) is 13.9. The van der Waals surface area contributed by atoms with Crippen LogP contribution in [0.2, 0.25) is 0 Å². The Kier molecular flexibility index (Phi) is 5.02. The molecule has 2 heterocycles. The molecule has 0 unspecified atom stereocenters. The molecule has 0 aliphatic rings. The lowest BCUT2D eigenvalue weighted by Gasteiger charge is -2.12. The third-order valence-electron chi connectivity index (χ3n) is 3.58. The summed E-state index contributed by atoms with van der Waals surface area (Å²) in [6.07, 6.45) is 1.63. The van der Waals surface area contributed by atoms with E-state index >= 15 is 0 Å². The summed E-state index contributed by atoms with van der Waals surface area (Å²) in [4.78, 5) is 23.6. The number of nitrogens with one attached hydrogen (secondary N) is 2. The summed E-state index contributed by atoms with van der Waals surface area (Å²) >= 11 is 0. The van der Waals surface area contributed by atoms with Crippen LogP contribution in [-0.4, -0.2) is 32.6 Å². The lowest BCUT2D eigenvalue weighted by Crippen LogP contribution is -2.15. The van der Waals surface area contributed by atoms with Crippen LogP contribution in [0, 0.1) is 12.7 Å². The molecule has 0 atom stereocenters. The largest absolute Gasteiger partial charge is 0.480 e. The molecule has 0 aliphatic heterocycles. The normalized spacial score (nSPS) is 10.4. The maximum Gasteiger partial charge on any atom is 0.322 e. The number of hydrogen-bond donors (Lipinski definition) is 3. The quantitative estimate of drug-likeness (QED) is 0.625. The Hall–Kier alpha value is -3.55. The van der Waals surface area contributed by atoms with Gasteiger partial charge >= 0.3 is 5.97 Å². The van der Waals surface area contributed by atoms with Crippen molar-refractivity contribution >= 4 is 23.4 Å². The Morgan fingerprint density at radius 1 is 1.15 bits per heavy atom. The summed E-state index contributed by atoms with van der Waals surface area (Å²) < 4.78 is 13.8. The first-order valence-corrected chi connectivity index (χ1v) is 7.81. The Morgan fingerprint density at radius 3 is 2.73 bits per heavy atom. The van der Waals surface area contributed by atoms with E-state index in [9.17, 15) is 9.18 Å². The zero-order chi connectivity index (χ0) is 18.5. The van der Waals surface area contributed by atoms with Crippen LogP contribution in [0.15, 0.2) is 48.7 Å². The van der Waals surface area contributed by atoms with E-state index in [0.717, 1.165) is 0 Å². The van der Waals surface area contributed by atoms with Crippen LogP contribution in [0.1, 0.15) is 5.56 Å². The van der Waals surface area contributed by atoms with E-state index in [0.29, 0.717) is 28.5 Å². The number of carboxylic acids is 1. The fourth-order valence-electron chi connectivity index (χ4n) is 2.27. The van der Waals surface area contributed by atoms with Crippen LogP contribution < -0.4 is 10.6 Å². The maximum atomic E-state index is 13.8. The molecule has 0 fully saturated rings. The summed E-state index contributed by atoms with van der Waals surface area (Å²) in [5.41, 5.74) is 2.11. The molecule has 0 aliphatic carbocycles. The highest BCUT2D eigenvalue weighted by molar-refractivity contribution is 5.73. The molecule has 0 radical (unpaired) electrons. The summed E-state index contributed by atoms with van der Waals surface area (Å²) in [7, 11) is 0. The number of benzene rings is 1. The zero-order valence-corrected chi connectivity index (χ0v) is 13.9. The third-order valence-corrected chi connectivity index (χ3v) is 3.58. The lowest BCUT2D eigenvalue weighted by molar-refractivity contribution is -0.134. The number of nitrogens with zero attached hydrogens (tertiary/aromatic N) is 3. The molecule has 132 valence electrons. The van der Waals surface area contributed by atoms with Crippen LogP contribution >= 0.6 is 0 Å². The molecule has 8 heteroatoms. The predicted octanol–water partition coefficient (Wildman–Crippen LogP) is 3.23. The van der Waals surface area contributed by atoms with Crippen molar-refractivity contribution in [2.45, 2.75) is 6.92 Å². The summed E-state index contributed by atoms with van der Waals surface area (Å²) in [6, 6.07) is 11.7. The van der Waals surface area contributed by atoms with Gasteiger partial charge in [0.05, 0.1) is 11.4 Å². The van der Waals surface area contributed by atoms with Gasteiger partial charge in [-0.2, -0.15) is 4.98 Å². The molecule has 0 saturated carbocycles. The summed E-state index contributed by atoms with van der Waals surface area (Å²) in [6.45, 7) is 1.33. The van der Waals surface area contributed by atoms with Gasteiger partial charge in [-0.3, -0.25) is 9.78 Å². The first-order chi connectivity index (χ1) is 12.5. The van der Waals surface area contributed by atoms with E-state index in [1.807, 2.05) is 6.07 Å². The van der Waals surface area contributed by atoms with E-state index in [2.05, 4.69) is 25.6 Å². The first kappa shape index (κ1) is 17.3. The van der Waals surface area contributed by atoms with Crippen LogP contribution in [0.5, 0.6) is 0 Å². The monoisotopic (exact) mass is 353 g/mol. The molecular weight excluding hydrogens is 337 g/mol. The minimum absolute atomic E-state index is 0.132. The average Bonchev–Trinajstić information content (AvgIpc) is 2.64. The molecular formula is C18H16FN5O2. The lowest BCUT2D eigenvalue weighted by atomic mass is 10.2. The Balaban J connectivity index is 1.99. The third kappa shape index (κ3) is 4.10. The molecule has 3 N–H and O–H groups in total. The number of hydrogen-bond acceptors (Lipinski definition) is 6. The molecule has 0 amide bonds. The van der Waals surface area contributed by atoms with Gasteiger partial charge in [-0.05, 0) is 31.2 Å². The van der Waals surface area contributed by atoms with Crippen LogP contribution in [-0.2, 0) is 4.79 Å².